The zero-order chi connectivity index (χ0) is 18.4. The van der Waals surface area contributed by atoms with Crippen LogP contribution in [0.15, 0.2) is 48.5 Å². The Hall–Kier alpha value is -3.06. The zero-order valence-electron chi connectivity index (χ0n) is 13.7. The van der Waals surface area contributed by atoms with Crippen LogP contribution >= 0.6 is 0 Å². The van der Waals surface area contributed by atoms with Gasteiger partial charge < -0.3 is 24.4 Å². The molecule has 0 aliphatic carbocycles. The lowest BCUT2D eigenvalue weighted by molar-refractivity contribution is -0.171. The van der Waals surface area contributed by atoms with Gasteiger partial charge in [-0.3, -0.25) is 0 Å². The standard InChI is InChI=1S/C18H18O7/c1-23-13-7-3-11(4-8-13)15(19)18(22)25-16(17(20)21)12-5-9-14(24-2)10-6-12/h3-10,15-16,19H,1-2H3,(H,20,21). The quantitative estimate of drug-likeness (QED) is 0.740. The zero-order valence-corrected chi connectivity index (χ0v) is 13.7. The van der Waals surface area contributed by atoms with Crippen molar-refractivity contribution in [3.63, 3.8) is 0 Å². The molecule has 7 heteroatoms. The smallest absolute Gasteiger partial charge is 0.349 e. The van der Waals surface area contributed by atoms with Gasteiger partial charge in [-0.2, -0.15) is 0 Å². The van der Waals surface area contributed by atoms with Crippen molar-refractivity contribution in [3.8, 4) is 11.5 Å². The molecular formula is C18H18O7. The van der Waals surface area contributed by atoms with E-state index in [-0.39, 0.29) is 11.1 Å². The number of hydrogen-bond donors (Lipinski definition) is 2. The van der Waals surface area contributed by atoms with Gasteiger partial charge in [0.1, 0.15) is 11.5 Å². The third-order valence-corrected chi connectivity index (χ3v) is 3.53. The molecule has 0 amide bonds. The predicted molar refractivity (Wildman–Crippen MR) is 87.4 cm³/mol. The van der Waals surface area contributed by atoms with Crippen LogP contribution in [0.4, 0.5) is 0 Å². The molecule has 2 N–H and O–H groups in total. The molecule has 132 valence electrons. The molecular weight excluding hydrogens is 328 g/mol. The van der Waals surface area contributed by atoms with E-state index in [0.29, 0.717) is 11.5 Å². The van der Waals surface area contributed by atoms with Crippen LogP contribution in [-0.2, 0) is 14.3 Å². The second-order valence-corrected chi connectivity index (χ2v) is 5.10. The molecule has 0 aromatic heterocycles. The molecule has 2 aromatic carbocycles. The highest BCUT2D eigenvalue weighted by atomic mass is 16.6. The Labute approximate surface area is 144 Å². The van der Waals surface area contributed by atoms with E-state index in [0.717, 1.165) is 0 Å². The Morgan fingerprint density at radius 2 is 1.28 bits per heavy atom. The number of benzene rings is 2. The first kappa shape index (κ1) is 18.3. The number of esters is 1. The van der Waals surface area contributed by atoms with Gasteiger partial charge in [-0.05, 0) is 29.8 Å². The van der Waals surface area contributed by atoms with Crippen LogP contribution in [0, 0.1) is 0 Å². The summed E-state index contributed by atoms with van der Waals surface area (Å²) >= 11 is 0. The number of carboxylic acid groups (broad SMARTS) is 1. The monoisotopic (exact) mass is 346 g/mol. The van der Waals surface area contributed by atoms with Crippen molar-refractivity contribution in [2.75, 3.05) is 14.2 Å². The summed E-state index contributed by atoms with van der Waals surface area (Å²) in [4.78, 5) is 23.5. The summed E-state index contributed by atoms with van der Waals surface area (Å²) < 4.78 is 15.0. The Bertz CT molecular complexity index is 722. The van der Waals surface area contributed by atoms with Crippen LogP contribution in [0.25, 0.3) is 0 Å². The van der Waals surface area contributed by atoms with E-state index in [1.54, 1.807) is 24.3 Å². The average Bonchev–Trinajstić information content (AvgIpc) is 2.65. The molecule has 0 heterocycles. The number of carbonyl (C=O) groups excluding carboxylic acids is 1. The molecule has 0 saturated carbocycles. The summed E-state index contributed by atoms with van der Waals surface area (Å²) in [6.07, 6.45) is -3.14. The Morgan fingerprint density at radius 3 is 1.68 bits per heavy atom. The van der Waals surface area contributed by atoms with Gasteiger partial charge in [-0.1, -0.05) is 24.3 Å². The number of aliphatic hydroxyl groups excluding tert-OH is 1. The molecule has 0 fully saturated rings. The number of aliphatic hydroxyl groups is 1. The highest BCUT2D eigenvalue weighted by molar-refractivity contribution is 5.82. The van der Waals surface area contributed by atoms with Crippen molar-refractivity contribution in [1.29, 1.82) is 0 Å². The van der Waals surface area contributed by atoms with Crippen molar-refractivity contribution < 1.29 is 34.0 Å². The van der Waals surface area contributed by atoms with Gasteiger partial charge in [0.25, 0.3) is 0 Å². The van der Waals surface area contributed by atoms with Crippen LogP contribution in [0.5, 0.6) is 11.5 Å². The number of rotatable bonds is 7. The van der Waals surface area contributed by atoms with E-state index in [1.165, 1.54) is 38.5 Å². The van der Waals surface area contributed by atoms with Crippen molar-refractivity contribution in [3.05, 3.63) is 59.7 Å². The molecule has 2 atom stereocenters. The van der Waals surface area contributed by atoms with Gasteiger partial charge in [0.05, 0.1) is 14.2 Å². The summed E-state index contributed by atoms with van der Waals surface area (Å²) in [7, 11) is 2.97. The van der Waals surface area contributed by atoms with Gasteiger partial charge in [0.15, 0.2) is 6.10 Å². The lowest BCUT2D eigenvalue weighted by atomic mass is 10.1. The minimum Gasteiger partial charge on any atom is -0.497 e. The maximum atomic E-state index is 12.1. The minimum atomic E-state index is -1.61. The second kappa shape index (κ2) is 8.16. The molecule has 0 spiro atoms. The molecule has 2 unspecified atom stereocenters. The SMILES string of the molecule is COc1ccc(C(O)C(=O)OC(C(=O)O)c2ccc(OC)cc2)cc1. The Balaban J connectivity index is 2.14. The van der Waals surface area contributed by atoms with Gasteiger partial charge in [-0.25, -0.2) is 9.59 Å². The third-order valence-electron chi connectivity index (χ3n) is 3.53. The predicted octanol–water partition coefficient (Wildman–Crippen LogP) is 2.11. The summed E-state index contributed by atoms with van der Waals surface area (Å²) in [6, 6.07) is 12.2. The molecule has 0 aliphatic rings. The van der Waals surface area contributed by atoms with Crippen LogP contribution in [0.2, 0.25) is 0 Å². The van der Waals surface area contributed by atoms with E-state index in [1.807, 2.05) is 0 Å². The van der Waals surface area contributed by atoms with Crippen LogP contribution in [0.3, 0.4) is 0 Å². The number of carboxylic acids is 1. The van der Waals surface area contributed by atoms with E-state index in [2.05, 4.69) is 0 Å². The lowest BCUT2D eigenvalue weighted by Crippen LogP contribution is -2.23. The fourth-order valence-electron chi connectivity index (χ4n) is 2.14. The Kier molecular flexibility index (Phi) is 5.97. The van der Waals surface area contributed by atoms with Gasteiger partial charge in [0.2, 0.25) is 6.10 Å². The summed E-state index contributed by atoms with van der Waals surface area (Å²) in [5.41, 5.74) is 0.522. The first-order valence-corrected chi connectivity index (χ1v) is 7.35. The molecule has 7 nitrogen and oxygen atoms in total. The number of hydrogen-bond acceptors (Lipinski definition) is 6. The Morgan fingerprint density at radius 1 is 0.840 bits per heavy atom. The molecule has 0 radical (unpaired) electrons. The molecule has 0 saturated heterocycles. The normalized spacial score (nSPS) is 12.8. The number of carbonyl (C=O) groups is 2. The summed E-state index contributed by atoms with van der Waals surface area (Å²) in [5, 5.41) is 19.4. The van der Waals surface area contributed by atoms with Crippen molar-refractivity contribution in [1.82, 2.24) is 0 Å². The van der Waals surface area contributed by atoms with Crippen molar-refractivity contribution in [2.24, 2.45) is 0 Å². The summed E-state index contributed by atoms with van der Waals surface area (Å²) in [6.45, 7) is 0. The highest BCUT2D eigenvalue weighted by Crippen LogP contribution is 2.25. The van der Waals surface area contributed by atoms with E-state index < -0.39 is 24.1 Å². The van der Waals surface area contributed by atoms with Crippen LogP contribution in [0.1, 0.15) is 23.3 Å². The molecule has 0 aliphatic heterocycles. The number of aliphatic carboxylic acids is 1. The molecule has 0 bridgehead atoms. The van der Waals surface area contributed by atoms with Crippen LogP contribution < -0.4 is 9.47 Å². The number of methoxy groups -OCH3 is 2. The van der Waals surface area contributed by atoms with Crippen molar-refractivity contribution >= 4 is 11.9 Å². The van der Waals surface area contributed by atoms with Gasteiger partial charge >= 0.3 is 11.9 Å². The second-order valence-electron chi connectivity index (χ2n) is 5.10. The first-order chi connectivity index (χ1) is 12.0. The van der Waals surface area contributed by atoms with Gasteiger partial charge in [0, 0.05) is 5.56 Å². The first-order valence-electron chi connectivity index (χ1n) is 7.35. The highest BCUT2D eigenvalue weighted by Gasteiger charge is 2.28. The van der Waals surface area contributed by atoms with Crippen LogP contribution in [-0.4, -0.2) is 36.4 Å². The largest absolute Gasteiger partial charge is 0.497 e. The molecule has 2 rings (SSSR count). The summed E-state index contributed by atoms with van der Waals surface area (Å²) in [5.74, 6) is -1.31. The molecule has 2 aromatic rings. The third kappa shape index (κ3) is 4.48. The molecule has 25 heavy (non-hydrogen) atoms. The fourth-order valence-corrected chi connectivity index (χ4v) is 2.14. The van der Waals surface area contributed by atoms with E-state index in [9.17, 15) is 19.8 Å². The minimum absolute atomic E-state index is 0.253. The average molecular weight is 346 g/mol. The van der Waals surface area contributed by atoms with Gasteiger partial charge in [-0.15, -0.1) is 0 Å². The fraction of sp³-hybridized carbons (Fsp3) is 0.222. The lowest BCUT2D eigenvalue weighted by Gasteiger charge is -2.17. The number of ether oxygens (including phenoxy) is 3. The maximum Gasteiger partial charge on any atom is 0.349 e. The van der Waals surface area contributed by atoms with E-state index in [4.69, 9.17) is 14.2 Å². The topological polar surface area (TPSA) is 102 Å². The van der Waals surface area contributed by atoms with E-state index >= 15 is 0 Å². The van der Waals surface area contributed by atoms with Crippen molar-refractivity contribution in [2.45, 2.75) is 12.2 Å². The maximum absolute atomic E-state index is 12.1.